The van der Waals surface area contributed by atoms with E-state index in [-0.39, 0.29) is 6.71 Å². The molecule has 470 valence electrons. The highest BCUT2D eigenvalue weighted by molar-refractivity contribution is 7.00. The van der Waals surface area contributed by atoms with Crippen molar-refractivity contribution in [3.63, 3.8) is 0 Å². The van der Waals surface area contributed by atoms with Gasteiger partial charge in [-0.3, -0.25) is 0 Å². The van der Waals surface area contributed by atoms with Crippen LogP contribution in [0.1, 0.15) is 0 Å². The first-order valence-corrected chi connectivity index (χ1v) is 34.1. The fourth-order valence-electron chi connectivity index (χ4n) is 15.5. The predicted octanol–water partition coefficient (Wildman–Crippen LogP) is 20.0. The minimum Gasteiger partial charge on any atom is -0.311 e. The van der Waals surface area contributed by atoms with E-state index >= 15 is 0 Å². The predicted molar refractivity (Wildman–Crippen MR) is 414 cm³/mol. The maximum atomic E-state index is 5.64. The van der Waals surface area contributed by atoms with Crippen LogP contribution in [-0.2, 0) is 0 Å². The quantitative estimate of drug-likeness (QED) is 0.118. The molecule has 2 aliphatic heterocycles. The van der Waals surface area contributed by atoms with Gasteiger partial charge < -0.3 is 18.9 Å². The Morgan fingerprint density at radius 2 is 0.594 bits per heavy atom. The normalized spacial score (nSPS) is 12.3. The first-order valence-electron chi connectivity index (χ1n) is 34.1. The zero-order valence-electron chi connectivity index (χ0n) is 54.5. The van der Waals surface area contributed by atoms with Crippen LogP contribution >= 0.6 is 0 Å². The molecule has 11 heteroatoms. The molecule has 0 spiro atoms. The Morgan fingerprint density at radius 3 is 1.15 bits per heavy atom. The van der Waals surface area contributed by atoms with Crippen LogP contribution in [0, 0.1) is 0 Å². The van der Waals surface area contributed by atoms with Crippen molar-refractivity contribution in [2.24, 2.45) is 0 Å². The minimum absolute atomic E-state index is 0.0531. The highest BCUT2D eigenvalue weighted by Gasteiger charge is 2.43. The number of hydrogen-bond donors (Lipinski definition) is 0. The fraction of sp³-hybridized carbons (Fsp3) is 0. The van der Waals surface area contributed by atoms with Gasteiger partial charge in [0.1, 0.15) is 0 Å². The summed E-state index contributed by atoms with van der Waals surface area (Å²) < 4.78 is 4.77. The first kappa shape index (κ1) is 57.6. The fourth-order valence-corrected chi connectivity index (χ4v) is 15.5. The third-order valence-corrected chi connectivity index (χ3v) is 20.0. The summed E-state index contributed by atoms with van der Waals surface area (Å²) in [6.07, 6.45) is 0. The van der Waals surface area contributed by atoms with Crippen LogP contribution in [0.25, 0.3) is 134 Å². The number of benzene rings is 14. The number of rotatable bonds is 11. The van der Waals surface area contributed by atoms with Gasteiger partial charge in [-0.15, -0.1) is 0 Å². The molecule has 0 fully saturated rings. The van der Waals surface area contributed by atoms with Crippen molar-refractivity contribution in [1.82, 2.24) is 39.0 Å². The molecule has 6 heterocycles. The molecule has 18 aromatic rings. The molecule has 0 unspecified atom stereocenters. The molecule has 0 saturated heterocycles. The molecule has 0 amide bonds. The Labute approximate surface area is 582 Å². The average molecular weight is 1290 g/mol. The van der Waals surface area contributed by atoms with Crippen LogP contribution in [0.2, 0.25) is 0 Å². The summed E-state index contributed by atoms with van der Waals surface area (Å²) in [5.74, 6) is 3.18. The van der Waals surface area contributed by atoms with Gasteiger partial charge in [0.05, 0.1) is 27.8 Å². The van der Waals surface area contributed by atoms with Crippen LogP contribution < -0.4 is 26.2 Å². The molecule has 0 radical (unpaired) electrons. The molecule has 0 atom stereocenters. The van der Waals surface area contributed by atoms with Gasteiger partial charge in [0.15, 0.2) is 34.9 Å². The van der Waals surface area contributed by atoms with Gasteiger partial charge in [0.25, 0.3) is 6.71 Å². The van der Waals surface area contributed by atoms with E-state index in [4.69, 9.17) is 29.9 Å². The molecule has 2 aliphatic rings. The van der Waals surface area contributed by atoms with Crippen molar-refractivity contribution < 1.29 is 0 Å². The SMILES string of the molecule is c1ccc(-c2nc(-c3ccccc3)nc(-c3ccc(-n4c5ccccc5c5cc6c7ccccc7n(-c7ccccc7)c6cc54)c(-c4nc(-c5ccccc5)nc(-c5cccc(-c6ccc(N7c8ccccc8B8c9ccccc9N(c9ccccc9)c9cccc7c98)cc6)c5)n4)c3)n2)cc1. The zero-order valence-corrected chi connectivity index (χ0v) is 54.5. The van der Waals surface area contributed by atoms with Crippen molar-refractivity contribution in [2.75, 3.05) is 9.80 Å². The second-order valence-electron chi connectivity index (χ2n) is 25.8. The smallest absolute Gasteiger partial charge is 0.252 e. The average Bonchev–Trinajstić information content (AvgIpc) is 1.69. The van der Waals surface area contributed by atoms with Gasteiger partial charge in [-0.1, -0.05) is 237 Å². The first-order chi connectivity index (χ1) is 50.1. The minimum atomic E-state index is 0.0531. The summed E-state index contributed by atoms with van der Waals surface area (Å²) in [6.45, 7) is 0.0531. The van der Waals surface area contributed by atoms with Crippen LogP contribution in [0.4, 0.5) is 34.1 Å². The van der Waals surface area contributed by atoms with E-state index in [1.165, 1.54) is 38.5 Å². The van der Waals surface area contributed by atoms with E-state index in [0.717, 1.165) is 111 Å². The van der Waals surface area contributed by atoms with Gasteiger partial charge >= 0.3 is 0 Å². The van der Waals surface area contributed by atoms with Crippen LogP contribution in [0.3, 0.4) is 0 Å². The molecule has 4 aromatic heterocycles. The van der Waals surface area contributed by atoms with Crippen molar-refractivity contribution in [2.45, 2.75) is 0 Å². The molecule has 0 saturated carbocycles. The van der Waals surface area contributed by atoms with Gasteiger partial charge in [-0.05, 0) is 137 Å². The zero-order chi connectivity index (χ0) is 66.5. The summed E-state index contributed by atoms with van der Waals surface area (Å²) in [5.41, 5.74) is 24.0. The Kier molecular flexibility index (Phi) is 13.4. The summed E-state index contributed by atoms with van der Waals surface area (Å²) in [6, 6.07) is 123. The molecule has 0 N–H and O–H groups in total. The van der Waals surface area contributed by atoms with Crippen molar-refractivity contribution >= 4 is 101 Å². The van der Waals surface area contributed by atoms with Crippen LogP contribution in [0.15, 0.2) is 346 Å². The number of aromatic nitrogens is 8. The third-order valence-electron chi connectivity index (χ3n) is 20.0. The molecule has 101 heavy (non-hydrogen) atoms. The molecule has 0 aliphatic carbocycles. The summed E-state index contributed by atoms with van der Waals surface area (Å²) in [4.78, 5) is 37.1. The van der Waals surface area contributed by atoms with E-state index < -0.39 is 0 Å². The summed E-state index contributed by atoms with van der Waals surface area (Å²) in [7, 11) is 0. The van der Waals surface area contributed by atoms with E-state index in [0.29, 0.717) is 34.9 Å². The molecule has 20 rings (SSSR count). The summed E-state index contributed by atoms with van der Waals surface area (Å²) in [5, 5.41) is 4.60. The Bertz CT molecular complexity index is 6220. The Morgan fingerprint density at radius 1 is 0.208 bits per heavy atom. The second kappa shape index (κ2) is 23.6. The number of fused-ring (bicyclic) bond motifs is 10. The van der Waals surface area contributed by atoms with Crippen molar-refractivity contribution in [1.29, 1.82) is 0 Å². The van der Waals surface area contributed by atoms with E-state index in [1.807, 2.05) is 78.9 Å². The highest BCUT2D eigenvalue weighted by Crippen LogP contribution is 2.46. The van der Waals surface area contributed by atoms with Crippen LogP contribution in [0.5, 0.6) is 0 Å². The molecule has 14 aromatic carbocycles. The van der Waals surface area contributed by atoms with Gasteiger partial charge in [-0.2, -0.15) is 0 Å². The largest absolute Gasteiger partial charge is 0.311 e. The lowest BCUT2D eigenvalue weighted by Gasteiger charge is -2.44. The number of nitrogens with zero attached hydrogens (tertiary/aromatic N) is 10. The van der Waals surface area contributed by atoms with Crippen molar-refractivity contribution in [3.05, 3.63) is 346 Å². The Balaban J connectivity index is 0.762. The van der Waals surface area contributed by atoms with Gasteiger partial charge in [0, 0.05) is 94.7 Å². The molecular formula is C90H57BN10. The maximum absolute atomic E-state index is 5.64. The van der Waals surface area contributed by atoms with Gasteiger partial charge in [0.2, 0.25) is 0 Å². The Hall–Kier alpha value is -13.6. The monoisotopic (exact) mass is 1290 g/mol. The number of anilines is 6. The lowest BCUT2D eigenvalue weighted by molar-refractivity contribution is 1.06. The molecule has 0 bridgehead atoms. The lowest BCUT2D eigenvalue weighted by Crippen LogP contribution is -2.61. The summed E-state index contributed by atoms with van der Waals surface area (Å²) >= 11 is 0. The molecular weight excluding hydrogens is 1230 g/mol. The lowest BCUT2D eigenvalue weighted by atomic mass is 9.33. The highest BCUT2D eigenvalue weighted by atomic mass is 15.2. The van der Waals surface area contributed by atoms with Crippen molar-refractivity contribution in [3.8, 4) is 90.8 Å². The second-order valence-corrected chi connectivity index (χ2v) is 25.8. The molecule has 10 nitrogen and oxygen atoms in total. The number of para-hydroxylation sites is 6. The topological polar surface area (TPSA) is 93.7 Å². The van der Waals surface area contributed by atoms with E-state index in [1.54, 1.807) is 0 Å². The van der Waals surface area contributed by atoms with Crippen LogP contribution in [-0.4, -0.2) is 45.8 Å². The number of hydrogen-bond acceptors (Lipinski definition) is 8. The van der Waals surface area contributed by atoms with E-state index in [9.17, 15) is 0 Å². The maximum Gasteiger partial charge on any atom is 0.252 e. The third kappa shape index (κ3) is 9.58. The van der Waals surface area contributed by atoms with Gasteiger partial charge in [-0.25, -0.2) is 29.9 Å². The van der Waals surface area contributed by atoms with E-state index in [2.05, 4.69) is 286 Å². The standard InChI is InChI=1S/C90H57BN10/c1-6-26-59(27-7-1)85-92-86(60-28-8-2-9-29-60)94-89(93-85)64-50-53-77(101-76-43-21-17-39-69(76)71-56-70-68-38-16-20-42-75(68)98(82(70)57-83(71)101)65-34-12-4-13-35-65)72(55-64)90-96-87(61-30-10-3-11-31-61)95-88(97-90)63-33-24-32-62(54-63)58-48-51-67(52-49-58)100-79-45-23-19-41-74(79)91-73-40-18-22-44-78(73)99(66-36-14-5-15-37-66)80-46-25-47-81(100)84(80)91/h1-57H.